The zero-order valence-electron chi connectivity index (χ0n) is 12.2. The highest BCUT2D eigenvalue weighted by molar-refractivity contribution is 5.92. The van der Waals surface area contributed by atoms with E-state index in [0.717, 1.165) is 5.69 Å². The van der Waals surface area contributed by atoms with Gasteiger partial charge < -0.3 is 5.32 Å². The van der Waals surface area contributed by atoms with Crippen LogP contribution in [-0.2, 0) is 0 Å². The third-order valence-corrected chi connectivity index (χ3v) is 4.57. The van der Waals surface area contributed by atoms with Crippen LogP contribution in [0.2, 0.25) is 0 Å². The number of aromatic nitrogens is 2. The van der Waals surface area contributed by atoms with Gasteiger partial charge >= 0.3 is 0 Å². The van der Waals surface area contributed by atoms with E-state index in [4.69, 9.17) is 0 Å². The minimum absolute atomic E-state index is 0.261. The van der Waals surface area contributed by atoms with Gasteiger partial charge in [0.25, 0.3) is 11.1 Å². The molecule has 0 amide bonds. The number of aromatic amines is 2. The van der Waals surface area contributed by atoms with Crippen molar-refractivity contribution in [2.75, 3.05) is 5.32 Å². The highest BCUT2D eigenvalue weighted by Crippen LogP contribution is 2.29. The van der Waals surface area contributed by atoms with Crippen LogP contribution >= 0.6 is 0 Å². The van der Waals surface area contributed by atoms with Crippen LogP contribution in [0.4, 0.5) is 5.69 Å². The van der Waals surface area contributed by atoms with Gasteiger partial charge in [-0.2, -0.15) is 0 Å². The molecule has 1 atom stereocenters. The third kappa shape index (κ3) is 2.73. The van der Waals surface area contributed by atoms with Gasteiger partial charge in [-0.15, -0.1) is 0 Å². The van der Waals surface area contributed by atoms with Gasteiger partial charge in [0.15, 0.2) is 0 Å². The largest absolute Gasteiger partial charge is 0.382 e. The Hall–Kier alpha value is -2.04. The molecule has 1 heterocycles. The normalized spacial score (nSPS) is 17.8. The maximum Gasteiger partial charge on any atom is 0.272 e. The van der Waals surface area contributed by atoms with Crippen LogP contribution in [0.25, 0.3) is 10.8 Å². The lowest BCUT2D eigenvalue weighted by Crippen LogP contribution is -2.29. The van der Waals surface area contributed by atoms with E-state index in [1.165, 1.54) is 32.1 Å². The Labute approximate surface area is 122 Å². The number of anilines is 1. The second-order valence-corrected chi connectivity index (χ2v) is 5.97. The fourth-order valence-electron chi connectivity index (χ4n) is 3.35. The molecule has 2 aromatic rings. The summed E-state index contributed by atoms with van der Waals surface area (Å²) in [7, 11) is 0. The van der Waals surface area contributed by atoms with E-state index in [1.807, 2.05) is 12.1 Å². The average Bonchev–Trinajstić information content (AvgIpc) is 2.52. The smallest absolute Gasteiger partial charge is 0.272 e. The molecule has 1 unspecified atom stereocenters. The van der Waals surface area contributed by atoms with Crippen molar-refractivity contribution in [1.29, 1.82) is 0 Å². The zero-order chi connectivity index (χ0) is 14.8. The van der Waals surface area contributed by atoms with Gasteiger partial charge in [0.2, 0.25) is 0 Å². The van der Waals surface area contributed by atoms with Crippen molar-refractivity contribution < 1.29 is 0 Å². The fraction of sp³-hybridized carbons (Fsp3) is 0.500. The molecule has 112 valence electrons. The molecule has 5 heteroatoms. The maximum absolute atomic E-state index is 12.0. The Morgan fingerprint density at radius 3 is 2.57 bits per heavy atom. The monoisotopic (exact) mass is 287 g/mol. The van der Waals surface area contributed by atoms with Crippen LogP contribution < -0.4 is 16.4 Å². The summed E-state index contributed by atoms with van der Waals surface area (Å²) in [5, 5.41) is 9.10. The number of benzene rings is 1. The summed E-state index contributed by atoms with van der Waals surface area (Å²) in [6.45, 7) is 2.16. The SMILES string of the molecule is CC(Nc1cccc2c(=O)[nH][nH]c(=O)c12)C1CCCCC1. The molecule has 1 aromatic carbocycles. The molecule has 0 bridgehead atoms. The molecule has 0 saturated heterocycles. The van der Waals surface area contributed by atoms with E-state index in [-0.39, 0.29) is 11.1 Å². The molecule has 1 aliphatic rings. The van der Waals surface area contributed by atoms with Crippen LogP contribution in [0, 0.1) is 5.92 Å². The van der Waals surface area contributed by atoms with Crippen molar-refractivity contribution in [3.63, 3.8) is 0 Å². The van der Waals surface area contributed by atoms with E-state index in [9.17, 15) is 9.59 Å². The average molecular weight is 287 g/mol. The predicted molar refractivity (Wildman–Crippen MR) is 84.8 cm³/mol. The van der Waals surface area contributed by atoms with Gasteiger partial charge in [-0.25, -0.2) is 0 Å². The molecule has 0 spiro atoms. The third-order valence-electron chi connectivity index (χ3n) is 4.57. The Morgan fingerprint density at radius 2 is 1.81 bits per heavy atom. The lowest BCUT2D eigenvalue weighted by Gasteiger charge is -2.29. The van der Waals surface area contributed by atoms with Crippen LogP contribution in [0.3, 0.4) is 0 Å². The molecule has 0 aliphatic heterocycles. The number of hydrogen-bond donors (Lipinski definition) is 3. The molecule has 0 radical (unpaired) electrons. The van der Waals surface area contributed by atoms with Crippen molar-refractivity contribution in [3.05, 3.63) is 38.9 Å². The summed E-state index contributed by atoms with van der Waals surface area (Å²) < 4.78 is 0. The number of fused-ring (bicyclic) bond motifs is 1. The molecule has 3 rings (SSSR count). The lowest BCUT2D eigenvalue weighted by molar-refractivity contribution is 0.328. The van der Waals surface area contributed by atoms with Crippen molar-refractivity contribution in [1.82, 2.24) is 10.2 Å². The number of hydrogen-bond acceptors (Lipinski definition) is 3. The molecule has 21 heavy (non-hydrogen) atoms. The first kappa shape index (κ1) is 13.9. The van der Waals surface area contributed by atoms with Gasteiger partial charge in [0.05, 0.1) is 10.8 Å². The summed E-state index contributed by atoms with van der Waals surface area (Å²) in [5.74, 6) is 0.634. The second kappa shape index (κ2) is 5.76. The molecule has 1 aromatic heterocycles. The molecule has 1 fully saturated rings. The van der Waals surface area contributed by atoms with Crippen LogP contribution in [-0.4, -0.2) is 16.2 Å². The standard InChI is InChI=1S/C16H21N3O2/c1-10(11-6-3-2-4-7-11)17-13-9-5-8-12-14(13)16(21)19-18-15(12)20/h5,8-11,17H,2-4,6-7H2,1H3,(H,18,20)(H,19,21). The van der Waals surface area contributed by atoms with Gasteiger partial charge in [0, 0.05) is 11.7 Å². The Kier molecular flexibility index (Phi) is 3.82. The maximum atomic E-state index is 12.0. The van der Waals surface area contributed by atoms with E-state index in [0.29, 0.717) is 22.7 Å². The van der Waals surface area contributed by atoms with E-state index in [1.54, 1.807) is 6.07 Å². The number of nitrogens with one attached hydrogen (secondary N) is 3. The van der Waals surface area contributed by atoms with Crippen molar-refractivity contribution in [2.45, 2.75) is 45.1 Å². The summed E-state index contributed by atoms with van der Waals surface area (Å²) >= 11 is 0. The van der Waals surface area contributed by atoms with Crippen molar-refractivity contribution in [2.24, 2.45) is 5.92 Å². The summed E-state index contributed by atoms with van der Waals surface area (Å²) in [4.78, 5) is 23.9. The topological polar surface area (TPSA) is 77.8 Å². The van der Waals surface area contributed by atoms with Crippen LogP contribution in [0.15, 0.2) is 27.8 Å². The highest BCUT2D eigenvalue weighted by Gasteiger charge is 2.20. The number of H-pyrrole nitrogens is 2. The zero-order valence-corrected chi connectivity index (χ0v) is 12.2. The molecule has 1 saturated carbocycles. The van der Waals surface area contributed by atoms with Gasteiger partial charge in [-0.1, -0.05) is 25.3 Å². The first-order chi connectivity index (χ1) is 10.2. The van der Waals surface area contributed by atoms with E-state index in [2.05, 4.69) is 22.4 Å². The number of rotatable bonds is 3. The molecule has 5 nitrogen and oxygen atoms in total. The van der Waals surface area contributed by atoms with Crippen LogP contribution in [0.1, 0.15) is 39.0 Å². The Bertz CT molecular complexity index is 741. The van der Waals surface area contributed by atoms with Crippen molar-refractivity contribution >= 4 is 16.5 Å². The first-order valence-electron chi connectivity index (χ1n) is 7.67. The quantitative estimate of drug-likeness (QED) is 0.812. The second-order valence-electron chi connectivity index (χ2n) is 5.97. The molecular formula is C16H21N3O2. The van der Waals surface area contributed by atoms with Gasteiger partial charge in [-0.05, 0) is 37.8 Å². The van der Waals surface area contributed by atoms with E-state index >= 15 is 0 Å². The minimum Gasteiger partial charge on any atom is -0.382 e. The molecule has 1 aliphatic carbocycles. The Balaban J connectivity index is 1.95. The highest BCUT2D eigenvalue weighted by atomic mass is 16.1. The summed E-state index contributed by atoms with van der Waals surface area (Å²) in [5.41, 5.74) is 0.222. The van der Waals surface area contributed by atoms with Crippen molar-refractivity contribution in [3.8, 4) is 0 Å². The lowest BCUT2D eigenvalue weighted by atomic mass is 9.84. The first-order valence-corrected chi connectivity index (χ1v) is 7.67. The molecule has 3 N–H and O–H groups in total. The minimum atomic E-state index is -0.265. The fourth-order valence-corrected chi connectivity index (χ4v) is 3.35. The summed E-state index contributed by atoms with van der Waals surface area (Å²) in [6.07, 6.45) is 6.36. The predicted octanol–water partition coefficient (Wildman–Crippen LogP) is 2.60. The van der Waals surface area contributed by atoms with Gasteiger partial charge in [-0.3, -0.25) is 19.8 Å². The molecular weight excluding hydrogens is 266 g/mol. The summed E-state index contributed by atoms with van der Waals surface area (Å²) in [6, 6.07) is 5.66. The van der Waals surface area contributed by atoms with Crippen LogP contribution in [0.5, 0.6) is 0 Å². The van der Waals surface area contributed by atoms with E-state index < -0.39 is 0 Å². The Morgan fingerprint density at radius 1 is 1.10 bits per heavy atom. The van der Waals surface area contributed by atoms with Gasteiger partial charge in [0.1, 0.15) is 0 Å².